The molecule has 1 atom stereocenters. The lowest BCUT2D eigenvalue weighted by molar-refractivity contribution is 0.0854. The quantitative estimate of drug-likeness (QED) is 0.730. The summed E-state index contributed by atoms with van der Waals surface area (Å²) in [5.41, 5.74) is 1.27. The van der Waals surface area contributed by atoms with Gasteiger partial charge in [0.2, 0.25) is 0 Å². The Bertz CT molecular complexity index is 433. The first-order valence-electron chi connectivity index (χ1n) is 6.88. The molecular weight excluding hydrogens is 258 g/mol. The van der Waals surface area contributed by atoms with E-state index >= 15 is 0 Å². The lowest BCUT2D eigenvalue weighted by Gasteiger charge is -2.11. The maximum absolute atomic E-state index is 12.0. The molecule has 2 N–H and O–H groups in total. The van der Waals surface area contributed by atoms with Gasteiger partial charge in [-0.3, -0.25) is 9.78 Å². The van der Waals surface area contributed by atoms with Crippen LogP contribution in [-0.2, 0) is 9.47 Å². The van der Waals surface area contributed by atoms with Crippen molar-refractivity contribution in [2.24, 2.45) is 0 Å². The van der Waals surface area contributed by atoms with Gasteiger partial charge in [-0.25, -0.2) is 0 Å². The summed E-state index contributed by atoms with van der Waals surface area (Å²) in [4.78, 5) is 16.1. The summed E-state index contributed by atoms with van der Waals surface area (Å²) in [5.74, 6) is -0.170. The number of nitrogens with zero attached hydrogens (tertiary/aromatic N) is 1. The molecule has 1 aliphatic heterocycles. The highest BCUT2D eigenvalue weighted by Crippen LogP contribution is 2.11. The van der Waals surface area contributed by atoms with E-state index in [9.17, 15) is 4.79 Å². The first kappa shape index (κ1) is 14.7. The fraction of sp³-hybridized carbons (Fsp3) is 0.571. The Morgan fingerprint density at radius 2 is 2.50 bits per heavy atom. The van der Waals surface area contributed by atoms with Crippen molar-refractivity contribution in [3.8, 4) is 0 Å². The summed E-state index contributed by atoms with van der Waals surface area (Å²) in [5, 5.41) is 6.02. The predicted octanol–water partition coefficient (Wildman–Crippen LogP) is 1.05. The van der Waals surface area contributed by atoms with Crippen LogP contribution in [0.3, 0.4) is 0 Å². The Balaban J connectivity index is 1.83. The number of hydrogen-bond donors (Lipinski definition) is 2. The molecule has 0 aliphatic carbocycles. The van der Waals surface area contributed by atoms with Gasteiger partial charge in [-0.15, -0.1) is 0 Å². The Kier molecular flexibility index (Phi) is 5.76. The van der Waals surface area contributed by atoms with Crippen LogP contribution < -0.4 is 10.6 Å². The molecule has 0 aromatic carbocycles. The van der Waals surface area contributed by atoms with Crippen LogP contribution in [0, 0.1) is 0 Å². The number of carbonyl (C=O) groups excluding carboxylic acids is 1. The van der Waals surface area contributed by atoms with E-state index in [4.69, 9.17) is 9.47 Å². The zero-order chi connectivity index (χ0) is 14.2. The Morgan fingerprint density at radius 1 is 1.60 bits per heavy atom. The van der Waals surface area contributed by atoms with Crippen LogP contribution in [-0.4, -0.2) is 50.4 Å². The largest absolute Gasteiger partial charge is 0.383 e. The van der Waals surface area contributed by atoms with Crippen molar-refractivity contribution in [3.63, 3.8) is 0 Å². The van der Waals surface area contributed by atoms with E-state index in [0.717, 1.165) is 25.1 Å². The third kappa shape index (κ3) is 4.47. The van der Waals surface area contributed by atoms with E-state index in [1.807, 2.05) is 6.07 Å². The van der Waals surface area contributed by atoms with Crippen molar-refractivity contribution in [2.45, 2.75) is 18.9 Å². The van der Waals surface area contributed by atoms with Crippen molar-refractivity contribution in [1.82, 2.24) is 10.3 Å². The molecule has 1 aromatic rings. The summed E-state index contributed by atoms with van der Waals surface area (Å²) in [6.07, 6.45) is 3.84. The van der Waals surface area contributed by atoms with Crippen molar-refractivity contribution in [2.75, 3.05) is 38.7 Å². The van der Waals surface area contributed by atoms with Crippen molar-refractivity contribution in [1.29, 1.82) is 0 Å². The second-order valence-electron chi connectivity index (χ2n) is 4.69. The number of methoxy groups -OCH3 is 1. The molecule has 0 spiro atoms. The van der Waals surface area contributed by atoms with Crippen LogP contribution in [0.15, 0.2) is 18.3 Å². The molecule has 2 heterocycles. The minimum atomic E-state index is -0.170. The van der Waals surface area contributed by atoms with Gasteiger partial charge in [0.25, 0.3) is 5.91 Å². The topological polar surface area (TPSA) is 72.5 Å². The predicted molar refractivity (Wildman–Crippen MR) is 75.9 cm³/mol. The molecule has 1 fully saturated rings. The van der Waals surface area contributed by atoms with Crippen LogP contribution in [0.25, 0.3) is 0 Å². The second-order valence-corrected chi connectivity index (χ2v) is 4.69. The minimum absolute atomic E-state index is 0.141. The van der Waals surface area contributed by atoms with Crippen LogP contribution in [0.5, 0.6) is 0 Å². The fourth-order valence-corrected chi connectivity index (χ4v) is 2.06. The molecule has 1 aliphatic rings. The smallest absolute Gasteiger partial charge is 0.270 e. The molecule has 1 unspecified atom stereocenters. The number of hydrogen-bond acceptors (Lipinski definition) is 5. The SMILES string of the molecule is COCCNc1ccnc(C(=O)NCC2CCCO2)c1. The lowest BCUT2D eigenvalue weighted by Crippen LogP contribution is -2.32. The molecule has 2 rings (SSSR count). The fourth-order valence-electron chi connectivity index (χ4n) is 2.06. The maximum atomic E-state index is 12.0. The van der Waals surface area contributed by atoms with Crippen LogP contribution in [0.1, 0.15) is 23.3 Å². The summed E-state index contributed by atoms with van der Waals surface area (Å²) >= 11 is 0. The zero-order valence-corrected chi connectivity index (χ0v) is 11.7. The Hall–Kier alpha value is -1.66. The van der Waals surface area contributed by atoms with Gasteiger partial charge >= 0.3 is 0 Å². The van der Waals surface area contributed by atoms with Gasteiger partial charge in [0, 0.05) is 38.7 Å². The van der Waals surface area contributed by atoms with Gasteiger partial charge in [-0.2, -0.15) is 0 Å². The molecule has 1 saturated heterocycles. The highest BCUT2D eigenvalue weighted by atomic mass is 16.5. The van der Waals surface area contributed by atoms with E-state index < -0.39 is 0 Å². The highest BCUT2D eigenvalue weighted by molar-refractivity contribution is 5.93. The van der Waals surface area contributed by atoms with E-state index in [1.54, 1.807) is 19.4 Å². The van der Waals surface area contributed by atoms with Gasteiger partial charge in [-0.1, -0.05) is 0 Å². The third-order valence-electron chi connectivity index (χ3n) is 3.14. The normalized spacial score (nSPS) is 17.9. The van der Waals surface area contributed by atoms with E-state index in [0.29, 0.717) is 25.4 Å². The summed E-state index contributed by atoms with van der Waals surface area (Å²) < 4.78 is 10.4. The minimum Gasteiger partial charge on any atom is -0.383 e. The first-order valence-corrected chi connectivity index (χ1v) is 6.88. The second kappa shape index (κ2) is 7.81. The maximum Gasteiger partial charge on any atom is 0.270 e. The summed E-state index contributed by atoms with van der Waals surface area (Å²) in [6, 6.07) is 3.56. The van der Waals surface area contributed by atoms with Gasteiger partial charge in [0.15, 0.2) is 0 Å². The van der Waals surface area contributed by atoms with Gasteiger partial charge in [0.1, 0.15) is 5.69 Å². The lowest BCUT2D eigenvalue weighted by atomic mass is 10.2. The number of aromatic nitrogens is 1. The molecule has 0 bridgehead atoms. The molecule has 6 heteroatoms. The van der Waals surface area contributed by atoms with Crippen molar-refractivity contribution >= 4 is 11.6 Å². The average Bonchev–Trinajstić information content (AvgIpc) is 2.99. The monoisotopic (exact) mass is 279 g/mol. The van der Waals surface area contributed by atoms with Crippen LogP contribution >= 0.6 is 0 Å². The highest BCUT2D eigenvalue weighted by Gasteiger charge is 2.17. The van der Waals surface area contributed by atoms with Crippen molar-refractivity contribution < 1.29 is 14.3 Å². The summed E-state index contributed by atoms with van der Waals surface area (Å²) in [7, 11) is 1.65. The Morgan fingerprint density at radius 3 is 3.25 bits per heavy atom. The molecule has 0 radical (unpaired) electrons. The molecule has 20 heavy (non-hydrogen) atoms. The number of anilines is 1. The van der Waals surface area contributed by atoms with Crippen molar-refractivity contribution in [3.05, 3.63) is 24.0 Å². The number of amides is 1. The number of pyridine rings is 1. The van der Waals surface area contributed by atoms with E-state index in [1.165, 1.54) is 0 Å². The van der Waals surface area contributed by atoms with E-state index in [-0.39, 0.29) is 12.0 Å². The summed E-state index contributed by atoms with van der Waals surface area (Å²) in [6.45, 7) is 2.64. The van der Waals surface area contributed by atoms with Crippen LogP contribution in [0.4, 0.5) is 5.69 Å². The molecule has 6 nitrogen and oxygen atoms in total. The molecular formula is C14H21N3O3. The molecule has 0 saturated carbocycles. The number of rotatable bonds is 7. The molecule has 1 aromatic heterocycles. The molecule has 110 valence electrons. The zero-order valence-electron chi connectivity index (χ0n) is 11.7. The molecule has 1 amide bonds. The third-order valence-corrected chi connectivity index (χ3v) is 3.14. The Labute approximate surface area is 118 Å². The number of ether oxygens (including phenoxy) is 2. The van der Waals surface area contributed by atoms with Gasteiger partial charge < -0.3 is 20.1 Å². The average molecular weight is 279 g/mol. The standard InChI is InChI=1S/C14H21N3O3/c1-19-8-6-15-11-4-5-16-13(9-11)14(18)17-10-12-3-2-7-20-12/h4-5,9,12H,2-3,6-8,10H2,1H3,(H,15,16)(H,17,18). The number of nitrogens with one attached hydrogen (secondary N) is 2. The van der Waals surface area contributed by atoms with E-state index in [2.05, 4.69) is 15.6 Å². The van der Waals surface area contributed by atoms with Crippen LogP contribution in [0.2, 0.25) is 0 Å². The number of carbonyl (C=O) groups is 1. The van der Waals surface area contributed by atoms with Gasteiger partial charge in [-0.05, 0) is 25.0 Å². The first-order chi connectivity index (χ1) is 9.79. The van der Waals surface area contributed by atoms with Gasteiger partial charge in [0.05, 0.1) is 12.7 Å².